The van der Waals surface area contributed by atoms with E-state index in [2.05, 4.69) is 32.1 Å². The van der Waals surface area contributed by atoms with Gasteiger partial charge in [0.05, 0.1) is 31.2 Å². The molecule has 1 aliphatic rings. The van der Waals surface area contributed by atoms with Crippen molar-refractivity contribution in [2.24, 2.45) is 0 Å². The summed E-state index contributed by atoms with van der Waals surface area (Å²) < 4.78 is 31.3. The summed E-state index contributed by atoms with van der Waals surface area (Å²) in [6, 6.07) is 8.22. The van der Waals surface area contributed by atoms with E-state index >= 15 is 0 Å². The minimum Gasteiger partial charge on any atom is -0.493 e. The molecule has 1 saturated heterocycles. The summed E-state index contributed by atoms with van der Waals surface area (Å²) in [7, 11) is 3.76. The van der Waals surface area contributed by atoms with Crippen LogP contribution in [0.1, 0.15) is 6.42 Å². The monoisotopic (exact) mass is 465 g/mol. The van der Waals surface area contributed by atoms with E-state index in [0.717, 1.165) is 44.5 Å². The van der Waals surface area contributed by atoms with Crippen molar-refractivity contribution in [3.05, 3.63) is 48.7 Å². The first-order chi connectivity index (χ1) is 16.6. The number of likely N-dealkylation sites (N-methyl/N-ethyl adjacent to an activating group) is 1. The number of halogens is 1. The molecule has 9 heteroatoms. The van der Waals surface area contributed by atoms with Crippen LogP contribution in [0.15, 0.2) is 47.3 Å². The van der Waals surface area contributed by atoms with Gasteiger partial charge in [-0.1, -0.05) is 0 Å². The Morgan fingerprint density at radius 3 is 2.76 bits per heavy atom. The van der Waals surface area contributed by atoms with Gasteiger partial charge in [0.25, 0.3) is 0 Å². The minimum atomic E-state index is -0.361. The van der Waals surface area contributed by atoms with Crippen molar-refractivity contribution in [2.45, 2.75) is 6.42 Å². The molecule has 34 heavy (non-hydrogen) atoms. The summed E-state index contributed by atoms with van der Waals surface area (Å²) in [6.45, 7) is 6.00. The van der Waals surface area contributed by atoms with Crippen molar-refractivity contribution in [3.8, 4) is 11.5 Å². The lowest BCUT2D eigenvalue weighted by molar-refractivity contribution is 0.145. The molecule has 1 fully saturated rings. The molecule has 4 aromatic rings. The largest absolute Gasteiger partial charge is 0.493 e. The third-order valence-electron chi connectivity index (χ3n) is 6.16. The Morgan fingerprint density at radius 2 is 1.94 bits per heavy atom. The molecule has 5 rings (SSSR count). The highest BCUT2D eigenvalue weighted by molar-refractivity contribution is 5.97. The molecule has 1 aliphatic heterocycles. The van der Waals surface area contributed by atoms with Crippen LogP contribution < -0.4 is 14.8 Å². The second kappa shape index (κ2) is 9.82. The second-order valence-electron chi connectivity index (χ2n) is 8.51. The molecule has 8 nitrogen and oxygen atoms in total. The van der Waals surface area contributed by atoms with Crippen LogP contribution in [-0.4, -0.2) is 73.3 Å². The van der Waals surface area contributed by atoms with Crippen molar-refractivity contribution in [3.63, 3.8) is 0 Å². The molecular weight excluding hydrogens is 437 g/mol. The average Bonchev–Trinajstić information content (AvgIpc) is 3.31. The van der Waals surface area contributed by atoms with E-state index in [9.17, 15) is 4.39 Å². The third kappa shape index (κ3) is 4.76. The third-order valence-corrected chi connectivity index (χ3v) is 6.16. The lowest BCUT2D eigenvalue weighted by atomic mass is 10.2. The first-order valence-corrected chi connectivity index (χ1v) is 11.4. The Bertz CT molecular complexity index is 1290. The number of nitrogens with zero attached hydrogens (tertiary/aromatic N) is 4. The highest BCUT2D eigenvalue weighted by Crippen LogP contribution is 2.36. The fourth-order valence-electron chi connectivity index (χ4n) is 4.24. The predicted octanol–water partition coefficient (Wildman–Crippen LogP) is 4.28. The molecule has 178 valence electrons. The molecule has 0 bridgehead atoms. The van der Waals surface area contributed by atoms with Gasteiger partial charge in [-0.15, -0.1) is 0 Å². The molecule has 2 aromatic carbocycles. The summed E-state index contributed by atoms with van der Waals surface area (Å²) in [5, 5.41) is 4.59. The van der Waals surface area contributed by atoms with Gasteiger partial charge in [-0.3, -0.25) is 0 Å². The van der Waals surface area contributed by atoms with E-state index in [0.29, 0.717) is 46.1 Å². The number of hydrogen-bond donors (Lipinski definition) is 1. The van der Waals surface area contributed by atoms with Crippen molar-refractivity contribution >= 4 is 33.4 Å². The zero-order chi connectivity index (χ0) is 23.5. The van der Waals surface area contributed by atoms with Crippen LogP contribution in [0.3, 0.4) is 0 Å². The summed E-state index contributed by atoms with van der Waals surface area (Å²) in [4.78, 5) is 13.6. The Hall–Kier alpha value is -3.43. The molecule has 0 radical (unpaired) electrons. The maximum absolute atomic E-state index is 14.1. The van der Waals surface area contributed by atoms with Crippen molar-refractivity contribution in [1.82, 2.24) is 19.8 Å². The number of aromatic nitrogens is 2. The number of rotatable bonds is 8. The van der Waals surface area contributed by atoms with Crippen LogP contribution in [-0.2, 0) is 0 Å². The number of piperazine rings is 1. The molecule has 0 amide bonds. The van der Waals surface area contributed by atoms with Crippen LogP contribution in [0, 0.1) is 5.82 Å². The van der Waals surface area contributed by atoms with Crippen LogP contribution in [0.2, 0.25) is 0 Å². The number of benzene rings is 2. The van der Waals surface area contributed by atoms with E-state index in [1.807, 2.05) is 12.1 Å². The Labute approximate surface area is 197 Å². The average molecular weight is 466 g/mol. The minimum absolute atomic E-state index is 0.361. The number of anilines is 2. The molecule has 1 N–H and O–H groups in total. The first kappa shape index (κ1) is 22.4. The summed E-state index contributed by atoms with van der Waals surface area (Å²) in [5.41, 5.74) is 1.74. The fraction of sp³-hybridized carbons (Fsp3) is 0.360. The quantitative estimate of drug-likeness (QED) is 0.387. The maximum Gasteiger partial charge on any atom is 0.163 e. The highest BCUT2D eigenvalue weighted by atomic mass is 19.1. The molecule has 0 saturated carbocycles. The van der Waals surface area contributed by atoms with Gasteiger partial charge in [0, 0.05) is 55.6 Å². The van der Waals surface area contributed by atoms with Gasteiger partial charge in [-0.2, -0.15) is 0 Å². The van der Waals surface area contributed by atoms with Gasteiger partial charge >= 0.3 is 0 Å². The molecule has 0 spiro atoms. The van der Waals surface area contributed by atoms with E-state index < -0.39 is 0 Å². The maximum atomic E-state index is 14.1. The SMILES string of the molecule is COc1cc2c(Nc3cc(F)cc4ccoc34)ncnc2cc1OCCCN1CCN(C)CC1. The van der Waals surface area contributed by atoms with Gasteiger partial charge in [-0.05, 0) is 31.7 Å². The molecule has 2 aromatic heterocycles. The van der Waals surface area contributed by atoms with Crippen LogP contribution in [0.25, 0.3) is 21.9 Å². The smallest absolute Gasteiger partial charge is 0.163 e. The van der Waals surface area contributed by atoms with E-state index in [4.69, 9.17) is 13.9 Å². The lowest BCUT2D eigenvalue weighted by Gasteiger charge is -2.32. The van der Waals surface area contributed by atoms with Gasteiger partial charge in [-0.25, -0.2) is 14.4 Å². The van der Waals surface area contributed by atoms with Crippen LogP contribution in [0.5, 0.6) is 11.5 Å². The Balaban J connectivity index is 1.33. The molecular formula is C25H28FN5O3. The second-order valence-corrected chi connectivity index (χ2v) is 8.51. The summed E-state index contributed by atoms with van der Waals surface area (Å²) in [6.07, 6.45) is 3.93. The Morgan fingerprint density at radius 1 is 1.09 bits per heavy atom. The Kier molecular flexibility index (Phi) is 6.46. The topological polar surface area (TPSA) is 75.9 Å². The summed E-state index contributed by atoms with van der Waals surface area (Å²) in [5.74, 6) is 1.39. The van der Waals surface area contributed by atoms with Gasteiger partial charge in [0.15, 0.2) is 17.1 Å². The molecule has 0 atom stereocenters. The lowest BCUT2D eigenvalue weighted by Crippen LogP contribution is -2.44. The zero-order valence-corrected chi connectivity index (χ0v) is 19.4. The summed E-state index contributed by atoms with van der Waals surface area (Å²) >= 11 is 0. The standard InChI is InChI=1S/C25H28FN5O3/c1-30-6-8-31(9-7-30)5-3-10-33-23-15-20-19(14-22(23)32-2)25(28-16-27-20)29-21-13-18(26)12-17-4-11-34-24(17)21/h4,11-16H,3,5-10H2,1-2H3,(H,27,28,29). The van der Waals surface area contributed by atoms with E-state index in [1.165, 1.54) is 24.7 Å². The van der Waals surface area contributed by atoms with E-state index in [1.54, 1.807) is 13.2 Å². The molecule has 0 unspecified atom stereocenters. The van der Waals surface area contributed by atoms with Crippen molar-refractivity contribution in [2.75, 3.05) is 58.8 Å². The zero-order valence-electron chi connectivity index (χ0n) is 19.4. The predicted molar refractivity (Wildman–Crippen MR) is 130 cm³/mol. The van der Waals surface area contributed by atoms with Crippen LogP contribution >= 0.6 is 0 Å². The normalized spacial score (nSPS) is 15.1. The molecule has 0 aliphatic carbocycles. The number of methoxy groups -OCH3 is 1. The number of hydrogen-bond acceptors (Lipinski definition) is 8. The number of ether oxygens (including phenoxy) is 2. The van der Waals surface area contributed by atoms with Crippen molar-refractivity contribution < 1.29 is 18.3 Å². The number of furan rings is 1. The molecule has 3 heterocycles. The van der Waals surface area contributed by atoms with Crippen LogP contribution in [0.4, 0.5) is 15.9 Å². The van der Waals surface area contributed by atoms with Gasteiger partial charge in [0.2, 0.25) is 0 Å². The van der Waals surface area contributed by atoms with Gasteiger partial charge < -0.3 is 29.0 Å². The first-order valence-electron chi connectivity index (χ1n) is 11.4. The number of fused-ring (bicyclic) bond motifs is 2. The highest BCUT2D eigenvalue weighted by Gasteiger charge is 2.16. The van der Waals surface area contributed by atoms with E-state index in [-0.39, 0.29) is 5.82 Å². The van der Waals surface area contributed by atoms with Crippen molar-refractivity contribution in [1.29, 1.82) is 0 Å². The number of nitrogens with one attached hydrogen (secondary N) is 1. The fourth-order valence-corrected chi connectivity index (χ4v) is 4.24. The van der Waals surface area contributed by atoms with Gasteiger partial charge in [0.1, 0.15) is 18.0 Å².